The number of hydrogen-bond acceptors (Lipinski definition) is 4. The number of rotatable bonds is 8. The predicted octanol–water partition coefficient (Wildman–Crippen LogP) is 4.29. The SMILES string of the molecule is COC1CCCC(COCc2ccccc2)(OCc2ccccc2)O1. The molecule has 2 atom stereocenters. The summed E-state index contributed by atoms with van der Waals surface area (Å²) in [5.41, 5.74) is 2.26. The van der Waals surface area contributed by atoms with Crippen molar-refractivity contribution in [2.24, 2.45) is 0 Å². The molecular weight excluding hydrogens is 316 g/mol. The topological polar surface area (TPSA) is 36.9 Å². The minimum atomic E-state index is -0.760. The van der Waals surface area contributed by atoms with Crippen LogP contribution >= 0.6 is 0 Å². The van der Waals surface area contributed by atoms with E-state index in [1.54, 1.807) is 7.11 Å². The van der Waals surface area contributed by atoms with Gasteiger partial charge in [-0.05, 0) is 24.0 Å². The van der Waals surface area contributed by atoms with Gasteiger partial charge in [0.25, 0.3) is 0 Å². The van der Waals surface area contributed by atoms with Crippen molar-refractivity contribution in [1.29, 1.82) is 0 Å². The molecule has 4 heteroatoms. The fourth-order valence-corrected chi connectivity index (χ4v) is 3.00. The molecule has 134 valence electrons. The van der Waals surface area contributed by atoms with Crippen molar-refractivity contribution < 1.29 is 18.9 Å². The Morgan fingerprint density at radius 1 is 0.960 bits per heavy atom. The normalized spacial score (nSPS) is 23.5. The zero-order valence-electron chi connectivity index (χ0n) is 14.7. The second kappa shape index (κ2) is 9.11. The van der Waals surface area contributed by atoms with E-state index in [0.29, 0.717) is 19.8 Å². The Labute approximate surface area is 149 Å². The highest BCUT2D eigenvalue weighted by Crippen LogP contribution is 2.32. The molecule has 1 aliphatic heterocycles. The van der Waals surface area contributed by atoms with Gasteiger partial charge in [-0.1, -0.05) is 60.7 Å². The number of benzene rings is 2. The van der Waals surface area contributed by atoms with Crippen LogP contribution < -0.4 is 0 Å². The van der Waals surface area contributed by atoms with E-state index in [0.717, 1.165) is 30.4 Å². The molecule has 0 amide bonds. The zero-order chi connectivity index (χ0) is 17.4. The van der Waals surface area contributed by atoms with Crippen molar-refractivity contribution in [3.05, 3.63) is 71.8 Å². The average molecular weight is 342 g/mol. The fraction of sp³-hybridized carbons (Fsp3) is 0.429. The molecule has 0 radical (unpaired) electrons. The molecule has 0 aliphatic carbocycles. The lowest BCUT2D eigenvalue weighted by atomic mass is 10.1. The Bertz CT molecular complexity index is 616. The molecule has 1 fully saturated rings. The number of ether oxygens (including phenoxy) is 4. The van der Waals surface area contributed by atoms with Gasteiger partial charge in [-0.2, -0.15) is 0 Å². The molecule has 1 saturated heterocycles. The third kappa shape index (κ3) is 5.38. The van der Waals surface area contributed by atoms with Crippen molar-refractivity contribution in [1.82, 2.24) is 0 Å². The summed E-state index contributed by atoms with van der Waals surface area (Å²) in [6.45, 7) is 1.42. The predicted molar refractivity (Wildman–Crippen MR) is 95.8 cm³/mol. The maximum absolute atomic E-state index is 6.20. The smallest absolute Gasteiger partial charge is 0.195 e. The molecule has 25 heavy (non-hydrogen) atoms. The highest BCUT2D eigenvalue weighted by molar-refractivity contribution is 5.14. The first-order valence-electron chi connectivity index (χ1n) is 8.80. The van der Waals surface area contributed by atoms with Crippen molar-refractivity contribution in [3.63, 3.8) is 0 Å². The van der Waals surface area contributed by atoms with Crippen molar-refractivity contribution >= 4 is 0 Å². The van der Waals surface area contributed by atoms with Crippen LogP contribution in [-0.4, -0.2) is 25.8 Å². The monoisotopic (exact) mass is 342 g/mol. The van der Waals surface area contributed by atoms with Crippen LogP contribution in [0.3, 0.4) is 0 Å². The van der Waals surface area contributed by atoms with Gasteiger partial charge < -0.3 is 18.9 Å². The summed E-state index contributed by atoms with van der Waals surface area (Å²) in [4.78, 5) is 0. The van der Waals surface area contributed by atoms with Gasteiger partial charge in [0, 0.05) is 13.5 Å². The Kier molecular flexibility index (Phi) is 6.59. The van der Waals surface area contributed by atoms with Gasteiger partial charge in [0.2, 0.25) is 0 Å². The molecule has 0 aromatic heterocycles. The van der Waals surface area contributed by atoms with Gasteiger partial charge in [0.1, 0.15) is 6.61 Å². The Morgan fingerprint density at radius 2 is 1.60 bits per heavy atom. The molecule has 3 rings (SSSR count). The Balaban J connectivity index is 1.61. The van der Waals surface area contributed by atoms with Crippen LogP contribution in [-0.2, 0) is 32.2 Å². The summed E-state index contributed by atoms with van der Waals surface area (Å²) in [5, 5.41) is 0. The largest absolute Gasteiger partial charge is 0.371 e. The molecule has 2 unspecified atom stereocenters. The molecule has 1 aliphatic rings. The first-order valence-corrected chi connectivity index (χ1v) is 8.80. The molecule has 1 heterocycles. The van der Waals surface area contributed by atoms with E-state index in [-0.39, 0.29) is 6.29 Å². The van der Waals surface area contributed by atoms with Gasteiger partial charge in [-0.15, -0.1) is 0 Å². The zero-order valence-corrected chi connectivity index (χ0v) is 14.7. The van der Waals surface area contributed by atoms with Crippen LogP contribution in [0.25, 0.3) is 0 Å². The van der Waals surface area contributed by atoms with Gasteiger partial charge in [-0.3, -0.25) is 0 Å². The summed E-state index contributed by atoms with van der Waals surface area (Å²) < 4.78 is 23.7. The van der Waals surface area contributed by atoms with Crippen molar-refractivity contribution in [2.75, 3.05) is 13.7 Å². The third-order valence-electron chi connectivity index (χ3n) is 4.38. The van der Waals surface area contributed by atoms with Gasteiger partial charge >= 0.3 is 0 Å². The lowest BCUT2D eigenvalue weighted by Gasteiger charge is -2.40. The minimum absolute atomic E-state index is 0.246. The van der Waals surface area contributed by atoms with Crippen LogP contribution in [0, 0.1) is 0 Å². The third-order valence-corrected chi connectivity index (χ3v) is 4.38. The lowest BCUT2D eigenvalue weighted by Crippen LogP contribution is -2.47. The average Bonchev–Trinajstić information content (AvgIpc) is 2.68. The standard InChI is InChI=1S/C21H26O4/c1-22-20-13-8-14-21(25-20,24-16-19-11-6-3-7-12-19)17-23-15-18-9-4-2-5-10-18/h2-7,9-12,20H,8,13-17H2,1H3. The van der Waals surface area contributed by atoms with Gasteiger partial charge in [0.15, 0.2) is 12.1 Å². The highest BCUT2D eigenvalue weighted by atomic mass is 16.8. The molecular formula is C21H26O4. The molecule has 0 bridgehead atoms. The van der Waals surface area contributed by atoms with E-state index in [9.17, 15) is 0 Å². The fourth-order valence-electron chi connectivity index (χ4n) is 3.00. The van der Waals surface area contributed by atoms with Crippen LogP contribution in [0.4, 0.5) is 0 Å². The van der Waals surface area contributed by atoms with Crippen LogP contribution in [0.5, 0.6) is 0 Å². The number of methoxy groups -OCH3 is 1. The molecule has 2 aromatic rings. The minimum Gasteiger partial charge on any atom is -0.371 e. The maximum Gasteiger partial charge on any atom is 0.195 e. The Hall–Kier alpha value is -1.72. The maximum atomic E-state index is 6.20. The summed E-state index contributed by atoms with van der Waals surface area (Å²) in [6, 6.07) is 20.3. The molecule has 4 nitrogen and oxygen atoms in total. The number of hydrogen-bond donors (Lipinski definition) is 0. The van der Waals surface area contributed by atoms with E-state index < -0.39 is 5.79 Å². The first-order chi connectivity index (χ1) is 12.3. The molecule has 0 N–H and O–H groups in total. The van der Waals surface area contributed by atoms with E-state index in [4.69, 9.17) is 18.9 Å². The van der Waals surface area contributed by atoms with Gasteiger partial charge in [0.05, 0.1) is 13.2 Å². The van der Waals surface area contributed by atoms with E-state index in [1.807, 2.05) is 36.4 Å². The van der Waals surface area contributed by atoms with Gasteiger partial charge in [-0.25, -0.2) is 0 Å². The highest BCUT2D eigenvalue weighted by Gasteiger charge is 2.39. The molecule has 0 spiro atoms. The van der Waals surface area contributed by atoms with Crippen molar-refractivity contribution in [3.8, 4) is 0 Å². The summed E-state index contributed by atoms with van der Waals surface area (Å²) in [6.07, 6.45) is 2.42. The molecule has 2 aromatic carbocycles. The summed E-state index contributed by atoms with van der Waals surface area (Å²) >= 11 is 0. The first kappa shape index (κ1) is 18.1. The van der Waals surface area contributed by atoms with E-state index >= 15 is 0 Å². The lowest BCUT2D eigenvalue weighted by molar-refractivity contribution is -0.344. The second-order valence-electron chi connectivity index (χ2n) is 6.34. The summed E-state index contributed by atoms with van der Waals surface area (Å²) in [5.74, 6) is -0.760. The van der Waals surface area contributed by atoms with Crippen LogP contribution in [0.2, 0.25) is 0 Å². The van der Waals surface area contributed by atoms with E-state index in [1.165, 1.54) is 0 Å². The van der Waals surface area contributed by atoms with E-state index in [2.05, 4.69) is 24.3 Å². The van der Waals surface area contributed by atoms with Crippen molar-refractivity contribution in [2.45, 2.75) is 44.6 Å². The molecule has 0 saturated carbocycles. The Morgan fingerprint density at radius 3 is 2.24 bits per heavy atom. The quantitative estimate of drug-likeness (QED) is 0.717. The van der Waals surface area contributed by atoms with Crippen LogP contribution in [0.15, 0.2) is 60.7 Å². The van der Waals surface area contributed by atoms with Crippen LogP contribution in [0.1, 0.15) is 30.4 Å². The second-order valence-corrected chi connectivity index (χ2v) is 6.34. The summed E-state index contributed by atoms with van der Waals surface area (Å²) in [7, 11) is 1.67.